The first kappa shape index (κ1) is 18.0. The Labute approximate surface area is 144 Å². The van der Waals surface area contributed by atoms with Crippen LogP contribution in [0.5, 0.6) is 0 Å². The van der Waals surface area contributed by atoms with E-state index in [9.17, 15) is 8.42 Å². The third-order valence-corrected chi connectivity index (χ3v) is 4.78. The Morgan fingerprint density at radius 1 is 1.21 bits per heavy atom. The van der Waals surface area contributed by atoms with Crippen molar-refractivity contribution in [1.29, 1.82) is 0 Å². The fourth-order valence-electron chi connectivity index (χ4n) is 2.12. The van der Waals surface area contributed by atoms with Crippen molar-refractivity contribution < 1.29 is 8.42 Å². The summed E-state index contributed by atoms with van der Waals surface area (Å²) in [5, 5.41) is 3.26. The Hall–Kier alpha value is -2.34. The molecule has 0 heterocycles. The fourth-order valence-corrected chi connectivity index (χ4v) is 2.95. The van der Waals surface area contributed by atoms with Gasteiger partial charge in [-0.2, -0.15) is 0 Å². The minimum Gasteiger partial charge on any atom is -0.366 e. The molecule has 0 unspecified atom stereocenters. The highest BCUT2D eigenvalue weighted by molar-refractivity contribution is 7.90. The van der Waals surface area contributed by atoms with Crippen molar-refractivity contribution in [1.82, 2.24) is 4.90 Å². The van der Waals surface area contributed by atoms with Crippen LogP contribution in [0.1, 0.15) is 12.5 Å². The largest absolute Gasteiger partial charge is 0.366 e. The highest BCUT2D eigenvalue weighted by Gasteiger charge is 2.16. The molecule has 2 aromatic carbocycles. The Kier molecular flexibility index (Phi) is 5.62. The van der Waals surface area contributed by atoms with Gasteiger partial charge in [0.25, 0.3) is 0 Å². The highest BCUT2D eigenvalue weighted by atomic mass is 32.2. The van der Waals surface area contributed by atoms with E-state index in [0.29, 0.717) is 5.69 Å². The fraction of sp³-hybridized carbons (Fsp3) is 0.278. The number of anilines is 2. The molecule has 6 heteroatoms. The van der Waals surface area contributed by atoms with Gasteiger partial charge in [-0.3, -0.25) is 0 Å². The molecule has 0 fully saturated rings. The van der Waals surface area contributed by atoms with Crippen molar-refractivity contribution >= 4 is 33.2 Å². The summed E-state index contributed by atoms with van der Waals surface area (Å²) in [5.41, 5.74) is 3.04. The van der Waals surface area contributed by atoms with Crippen LogP contribution in [0.25, 0.3) is 0 Å². The minimum atomic E-state index is -3.39. The van der Waals surface area contributed by atoms with Gasteiger partial charge in [-0.15, -0.1) is 0 Å². The van der Waals surface area contributed by atoms with E-state index in [1.165, 1.54) is 6.26 Å². The summed E-state index contributed by atoms with van der Waals surface area (Å²) in [4.78, 5) is 6.45. The maximum absolute atomic E-state index is 12.2. The Bertz CT molecular complexity index is 831. The molecule has 2 rings (SSSR count). The molecule has 2 aromatic rings. The zero-order valence-corrected chi connectivity index (χ0v) is 15.3. The maximum Gasteiger partial charge on any atom is 0.177 e. The van der Waals surface area contributed by atoms with Crippen molar-refractivity contribution in [2.24, 2.45) is 4.99 Å². The van der Waals surface area contributed by atoms with Crippen molar-refractivity contribution in [3.63, 3.8) is 0 Å². The van der Waals surface area contributed by atoms with Gasteiger partial charge < -0.3 is 10.2 Å². The molecule has 0 amide bonds. The lowest BCUT2D eigenvalue weighted by Crippen LogP contribution is -2.14. The Balaban J connectivity index is 2.47. The monoisotopic (exact) mass is 345 g/mol. The van der Waals surface area contributed by atoms with E-state index >= 15 is 0 Å². The molecule has 128 valence electrons. The van der Waals surface area contributed by atoms with E-state index in [0.717, 1.165) is 23.5 Å². The van der Waals surface area contributed by atoms with E-state index in [1.807, 2.05) is 56.1 Å². The van der Waals surface area contributed by atoms with E-state index in [2.05, 4.69) is 10.3 Å². The molecule has 5 nitrogen and oxygen atoms in total. The number of aryl methyl sites for hydroxylation is 1. The number of aliphatic imine (C=N–C) groups is 1. The number of sulfone groups is 1. The van der Waals surface area contributed by atoms with Crippen LogP contribution in [0.15, 0.2) is 52.4 Å². The summed E-state index contributed by atoms with van der Waals surface area (Å²) in [7, 11) is -1.50. The lowest BCUT2D eigenvalue weighted by Gasteiger charge is -2.14. The van der Waals surface area contributed by atoms with Gasteiger partial charge in [0, 0.05) is 31.2 Å². The molecule has 0 aliphatic rings. The van der Waals surface area contributed by atoms with Crippen molar-refractivity contribution in [2.75, 3.05) is 25.2 Å². The number of nitrogens with zero attached hydrogens (tertiary/aromatic N) is 2. The molecule has 0 bridgehead atoms. The van der Waals surface area contributed by atoms with Crippen LogP contribution in [-0.2, 0) is 9.84 Å². The Morgan fingerprint density at radius 2 is 1.88 bits per heavy atom. The van der Waals surface area contributed by atoms with Gasteiger partial charge in [0.2, 0.25) is 0 Å². The number of rotatable bonds is 6. The topological polar surface area (TPSA) is 61.8 Å². The number of para-hydroxylation sites is 1. The van der Waals surface area contributed by atoms with E-state index in [4.69, 9.17) is 0 Å². The van der Waals surface area contributed by atoms with Gasteiger partial charge in [0.05, 0.1) is 16.9 Å². The van der Waals surface area contributed by atoms with E-state index in [1.54, 1.807) is 18.5 Å². The van der Waals surface area contributed by atoms with Gasteiger partial charge in [0.1, 0.15) is 0 Å². The first-order valence-electron chi connectivity index (χ1n) is 7.72. The van der Waals surface area contributed by atoms with Crippen LogP contribution in [0.2, 0.25) is 0 Å². The van der Waals surface area contributed by atoms with Gasteiger partial charge >= 0.3 is 0 Å². The van der Waals surface area contributed by atoms with Crippen LogP contribution >= 0.6 is 0 Å². The molecule has 0 aromatic heterocycles. The minimum absolute atomic E-state index is 0.215. The lowest BCUT2D eigenvalue weighted by atomic mass is 10.1. The summed E-state index contributed by atoms with van der Waals surface area (Å²) in [6, 6.07) is 13.1. The molecule has 0 radical (unpaired) electrons. The third kappa shape index (κ3) is 4.58. The summed E-state index contributed by atoms with van der Waals surface area (Å²) in [6.07, 6.45) is 2.85. The zero-order chi connectivity index (χ0) is 17.7. The standard InChI is InChI=1S/C18H23N3O2S/c1-5-21(3)13-19-17-11-14(2)16(12-18(17)24(4,22)23)20-15-9-7-6-8-10-15/h6-13,20H,5H2,1-4H3. The molecule has 0 spiro atoms. The SMILES string of the molecule is CCN(C)C=Nc1cc(C)c(Nc2ccccc2)cc1S(C)(=O)=O. The second-order valence-corrected chi connectivity index (χ2v) is 7.70. The van der Waals surface area contributed by atoms with Crippen LogP contribution in [-0.4, -0.2) is 39.5 Å². The molecule has 0 aliphatic heterocycles. The number of hydrogen-bond acceptors (Lipinski definition) is 4. The van der Waals surface area contributed by atoms with Crippen LogP contribution in [0, 0.1) is 6.92 Å². The lowest BCUT2D eigenvalue weighted by molar-refractivity contribution is 0.552. The van der Waals surface area contributed by atoms with E-state index < -0.39 is 9.84 Å². The second kappa shape index (κ2) is 7.49. The molecule has 0 aliphatic carbocycles. The van der Waals surface area contributed by atoms with Crippen molar-refractivity contribution in [3.8, 4) is 0 Å². The quantitative estimate of drug-likeness (QED) is 0.640. The molecule has 0 atom stereocenters. The Morgan fingerprint density at radius 3 is 2.46 bits per heavy atom. The molecule has 1 N–H and O–H groups in total. The number of benzene rings is 2. The molecule has 0 saturated heterocycles. The molecular formula is C18H23N3O2S. The van der Waals surface area contributed by atoms with Crippen LogP contribution in [0.4, 0.5) is 17.1 Å². The first-order valence-corrected chi connectivity index (χ1v) is 9.61. The first-order chi connectivity index (χ1) is 11.3. The summed E-state index contributed by atoms with van der Waals surface area (Å²) >= 11 is 0. The average molecular weight is 345 g/mol. The van der Waals surface area contributed by atoms with Gasteiger partial charge in [-0.05, 0) is 43.7 Å². The summed E-state index contributed by atoms with van der Waals surface area (Å²) in [6.45, 7) is 4.73. The maximum atomic E-state index is 12.2. The molecule has 0 saturated carbocycles. The van der Waals surface area contributed by atoms with Crippen LogP contribution in [0.3, 0.4) is 0 Å². The van der Waals surface area contributed by atoms with Crippen LogP contribution < -0.4 is 5.32 Å². The predicted octanol–water partition coefficient (Wildman–Crippen LogP) is 3.75. The van der Waals surface area contributed by atoms with Crippen molar-refractivity contribution in [2.45, 2.75) is 18.7 Å². The van der Waals surface area contributed by atoms with E-state index in [-0.39, 0.29) is 4.90 Å². The van der Waals surface area contributed by atoms with Crippen molar-refractivity contribution in [3.05, 3.63) is 48.0 Å². The number of nitrogens with one attached hydrogen (secondary N) is 1. The average Bonchev–Trinajstić information content (AvgIpc) is 2.54. The van der Waals surface area contributed by atoms with Gasteiger partial charge in [0.15, 0.2) is 9.84 Å². The summed E-state index contributed by atoms with van der Waals surface area (Å²) < 4.78 is 24.3. The van der Waals surface area contributed by atoms with Gasteiger partial charge in [-0.25, -0.2) is 13.4 Å². The zero-order valence-electron chi connectivity index (χ0n) is 14.4. The number of hydrogen-bond donors (Lipinski definition) is 1. The molecular weight excluding hydrogens is 322 g/mol. The second-order valence-electron chi connectivity index (χ2n) is 5.72. The van der Waals surface area contributed by atoms with Gasteiger partial charge in [-0.1, -0.05) is 18.2 Å². The summed E-state index contributed by atoms with van der Waals surface area (Å²) in [5.74, 6) is 0. The highest BCUT2D eigenvalue weighted by Crippen LogP contribution is 2.32. The molecule has 24 heavy (non-hydrogen) atoms. The smallest absolute Gasteiger partial charge is 0.177 e. The third-order valence-electron chi connectivity index (χ3n) is 3.65. The predicted molar refractivity (Wildman–Crippen MR) is 100 cm³/mol. The normalized spacial score (nSPS) is 11.7.